The van der Waals surface area contributed by atoms with Gasteiger partial charge in [0.15, 0.2) is 6.17 Å². The summed E-state index contributed by atoms with van der Waals surface area (Å²) in [4.78, 5) is 11.6. The van der Waals surface area contributed by atoms with Crippen molar-refractivity contribution in [2.45, 2.75) is 37.3 Å². The van der Waals surface area contributed by atoms with Gasteiger partial charge in [-0.1, -0.05) is 42.1 Å². The minimum atomic E-state index is -5.30. The van der Waals surface area contributed by atoms with E-state index >= 15 is 0 Å². The summed E-state index contributed by atoms with van der Waals surface area (Å²) in [5, 5.41) is -0.463. The third kappa shape index (κ3) is 6.80. The zero-order valence-electron chi connectivity index (χ0n) is 11.6. The molecule has 0 saturated carbocycles. The van der Waals surface area contributed by atoms with Gasteiger partial charge >= 0.3 is 6.18 Å². The van der Waals surface area contributed by atoms with Gasteiger partial charge in [-0.3, -0.25) is 4.79 Å². The van der Waals surface area contributed by atoms with Crippen LogP contribution in [0.3, 0.4) is 0 Å². The molecule has 0 radical (unpaired) electrons. The molecule has 23 heavy (non-hydrogen) atoms. The lowest BCUT2D eigenvalue weighted by atomic mass is 10.0. The molecule has 0 bridgehead atoms. The first-order valence-corrected chi connectivity index (χ1v) is 7.46. The number of carbonyl (C=O) groups is 1. The maximum Gasteiger partial charge on any atom is 0.394 e. The van der Waals surface area contributed by atoms with Crippen LogP contribution in [-0.2, 0) is 0 Å². The van der Waals surface area contributed by atoms with E-state index in [0.29, 0.717) is 17.3 Å². The maximum atomic E-state index is 13.4. The van der Waals surface area contributed by atoms with Crippen molar-refractivity contribution in [1.82, 2.24) is 0 Å². The molecule has 0 aliphatic rings. The van der Waals surface area contributed by atoms with E-state index in [0.717, 1.165) is 0 Å². The highest BCUT2D eigenvalue weighted by molar-refractivity contribution is 8.14. The van der Waals surface area contributed by atoms with Gasteiger partial charge in [0.1, 0.15) is 12.6 Å². The topological polar surface area (TPSA) is 17.1 Å². The van der Waals surface area contributed by atoms with Gasteiger partial charge in [0, 0.05) is 11.3 Å². The van der Waals surface area contributed by atoms with Crippen molar-refractivity contribution in [1.29, 1.82) is 0 Å². The molecule has 0 aliphatic carbocycles. The van der Waals surface area contributed by atoms with Gasteiger partial charge in [0.05, 0.1) is 0 Å². The molecule has 0 spiro atoms. The summed E-state index contributed by atoms with van der Waals surface area (Å²) in [6.45, 7) is 0. The lowest BCUT2D eigenvalue weighted by Gasteiger charge is -2.24. The Labute approximate surface area is 132 Å². The van der Waals surface area contributed by atoms with E-state index in [2.05, 4.69) is 0 Å². The highest BCUT2D eigenvalue weighted by Gasteiger charge is 2.52. The quantitative estimate of drug-likeness (QED) is 0.619. The first-order valence-electron chi connectivity index (χ1n) is 6.48. The van der Waals surface area contributed by atoms with Crippen LogP contribution in [-0.4, -0.2) is 35.3 Å². The number of benzene rings is 1. The Hall–Kier alpha value is -1.25. The molecule has 2 unspecified atom stereocenters. The van der Waals surface area contributed by atoms with Gasteiger partial charge in [-0.15, -0.1) is 0 Å². The van der Waals surface area contributed by atoms with Crippen LogP contribution in [0.1, 0.15) is 23.2 Å². The molecule has 1 aromatic carbocycles. The molecule has 0 fully saturated rings. The zero-order valence-corrected chi connectivity index (χ0v) is 12.4. The van der Waals surface area contributed by atoms with Crippen LogP contribution in [0.5, 0.6) is 0 Å². The first-order chi connectivity index (χ1) is 10.5. The van der Waals surface area contributed by atoms with Gasteiger partial charge in [0.2, 0.25) is 5.12 Å². The third-order valence-corrected chi connectivity index (χ3v) is 3.73. The molecule has 0 amide bonds. The van der Waals surface area contributed by atoms with Crippen LogP contribution in [0.25, 0.3) is 0 Å². The lowest BCUT2D eigenvalue weighted by Crippen LogP contribution is -2.41. The second kappa shape index (κ2) is 8.03. The average Bonchev–Trinajstić information content (AvgIpc) is 2.44. The predicted octanol–water partition coefficient (Wildman–Crippen LogP) is 5.21. The Bertz CT molecular complexity index is 504. The minimum Gasteiger partial charge on any atom is -0.282 e. The number of halogens is 7. The molecule has 2 atom stereocenters. The number of rotatable bonds is 7. The normalized spacial score (nSPS) is 15.3. The van der Waals surface area contributed by atoms with Crippen LogP contribution in [0, 0.1) is 0 Å². The Kier molecular flexibility index (Phi) is 6.91. The summed E-state index contributed by atoms with van der Waals surface area (Å²) < 4.78 is 88.3. The largest absolute Gasteiger partial charge is 0.394 e. The third-order valence-electron chi connectivity index (χ3n) is 2.79. The highest BCUT2D eigenvalue weighted by Crippen LogP contribution is 2.37. The van der Waals surface area contributed by atoms with Crippen molar-refractivity contribution in [2.75, 3.05) is 5.75 Å². The number of hydrogen-bond donors (Lipinski definition) is 0. The molecule has 130 valence electrons. The predicted molar refractivity (Wildman–Crippen MR) is 73.3 cm³/mol. The SMILES string of the molecule is O=C(SCCC(F)C(F)C(F)(F)CC(F)(F)F)c1ccccc1. The minimum absolute atomic E-state index is 0.298. The van der Waals surface area contributed by atoms with Crippen LogP contribution >= 0.6 is 11.8 Å². The van der Waals surface area contributed by atoms with Crippen LogP contribution in [0.2, 0.25) is 0 Å². The van der Waals surface area contributed by atoms with E-state index in [4.69, 9.17) is 0 Å². The molecule has 0 N–H and O–H groups in total. The van der Waals surface area contributed by atoms with E-state index in [1.165, 1.54) is 12.1 Å². The van der Waals surface area contributed by atoms with Crippen molar-refractivity contribution in [2.24, 2.45) is 0 Å². The lowest BCUT2D eigenvalue weighted by molar-refractivity contribution is -0.211. The fourth-order valence-corrected chi connectivity index (χ4v) is 2.53. The monoisotopic (exact) mass is 362 g/mol. The Morgan fingerprint density at radius 1 is 1.04 bits per heavy atom. The van der Waals surface area contributed by atoms with E-state index < -0.39 is 42.4 Å². The average molecular weight is 362 g/mol. The second-order valence-corrected chi connectivity index (χ2v) is 5.83. The number of hydrogen-bond acceptors (Lipinski definition) is 2. The van der Waals surface area contributed by atoms with E-state index in [1.807, 2.05) is 0 Å². The molecule has 1 nitrogen and oxygen atoms in total. The van der Waals surface area contributed by atoms with Crippen LogP contribution in [0.15, 0.2) is 30.3 Å². The molecule has 0 saturated heterocycles. The van der Waals surface area contributed by atoms with E-state index in [9.17, 15) is 35.5 Å². The molecule has 1 rings (SSSR count). The molecular formula is C14H13F7OS. The molecule has 0 heterocycles. The summed E-state index contributed by atoms with van der Waals surface area (Å²) in [5.74, 6) is -5.16. The Morgan fingerprint density at radius 2 is 1.61 bits per heavy atom. The summed E-state index contributed by atoms with van der Waals surface area (Å²) >= 11 is 0.586. The Morgan fingerprint density at radius 3 is 2.13 bits per heavy atom. The zero-order chi connectivity index (χ0) is 17.7. The van der Waals surface area contributed by atoms with Gasteiger partial charge in [-0.2, -0.15) is 13.2 Å². The standard InChI is InChI=1S/C14H13F7OS/c15-10(11(16)13(17,18)8-14(19,20)21)6-7-23-12(22)9-4-2-1-3-5-9/h1-5,10-11H,6-8H2. The van der Waals surface area contributed by atoms with Crippen molar-refractivity contribution in [3.05, 3.63) is 35.9 Å². The summed E-state index contributed by atoms with van der Waals surface area (Å²) in [6, 6.07) is 7.80. The molecule has 0 aliphatic heterocycles. The molecular weight excluding hydrogens is 349 g/mol. The fourth-order valence-electron chi connectivity index (χ4n) is 1.70. The summed E-state index contributed by atoms with van der Waals surface area (Å²) in [5.41, 5.74) is 0.298. The summed E-state index contributed by atoms with van der Waals surface area (Å²) in [7, 11) is 0. The van der Waals surface area contributed by atoms with Crippen LogP contribution in [0.4, 0.5) is 30.7 Å². The van der Waals surface area contributed by atoms with Crippen molar-refractivity contribution in [3.8, 4) is 0 Å². The Balaban J connectivity index is 2.47. The smallest absolute Gasteiger partial charge is 0.282 e. The van der Waals surface area contributed by atoms with Crippen molar-refractivity contribution in [3.63, 3.8) is 0 Å². The molecule has 1 aromatic rings. The van der Waals surface area contributed by atoms with Crippen LogP contribution < -0.4 is 0 Å². The first kappa shape index (κ1) is 19.8. The highest BCUT2D eigenvalue weighted by atomic mass is 32.2. The summed E-state index contributed by atoms with van der Waals surface area (Å²) in [6.07, 6.45) is -15.2. The van der Waals surface area contributed by atoms with E-state index in [-0.39, 0.29) is 5.75 Å². The van der Waals surface area contributed by atoms with Gasteiger partial charge in [-0.25, -0.2) is 17.6 Å². The number of carbonyl (C=O) groups excluding carboxylic acids is 1. The second-order valence-electron chi connectivity index (χ2n) is 4.76. The number of thioether (sulfide) groups is 1. The molecule has 0 aromatic heterocycles. The van der Waals surface area contributed by atoms with Gasteiger partial charge in [-0.05, 0) is 6.42 Å². The van der Waals surface area contributed by atoms with Gasteiger partial charge < -0.3 is 0 Å². The van der Waals surface area contributed by atoms with Gasteiger partial charge in [0.25, 0.3) is 5.92 Å². The maximum absolute atomic E-state index is 13.4. The number of alkyl halides is 7. The van der Waals surface area contributed by atoms with E-state index in [1.54, 1.807) is 18.2 Å². The van der Waals surface area contributed by atoms with Crippen molar-refractivity contribution >= 4 is 16.9 Å². The molecule has 9 heteroatoms. The van der Waals surface area contributed by atoms with Crippen molar-refractivity contribution < 1.29 is 35.5 Å². The fraction of sp³-hybridized carbons (Fsp3) is 0.500.